The number of nitrogens with zero attached hydrogens (tertiary/aromatic N) is 2. The fourth-order valence-electron chi connectivity index (χ4n) is 3.15. The van der Waals surface area contributed by atoms with Crippen LogP contribution in [-0.2, 0) is 0 Å². The van der Waals surface area contributed by atoms with Gasteiger partial charge in [0.1, 0.15) is 0 Å². The minimum atomic E-state index is -0.180. The molecule has 0 saturated heterocycles. The summed E-state index contributed by atoms with van der Waals surface area (Å²) in [5, 5.41) is 3.46. The fraction of sp³-hybridized carbons (Fsp3) is 0.0909. The van der Waals surface area contributed by atoms with Gasteiger partial charge in [0.2, 0.25) is 0 Å². The van der Waals surface area contributed by atoms with Gasteiger partial charge in [0.05, 0.1) is 9.48 Å². The summed E-state index contributed by atoms with van der Waals surface area (Å²) in [6.07, 6.45) is 0. The molecule has 4 rings (SSSR count). The molecule has 7 heteroatoms. The number of aromatic nitrogens is 2. The molecule has 0 spiro atoms. The first kappa shape index (κ1) is 20.1. The Labute approximate surface area is 189 Å². The van der Waals surface area contributed by atoms with E-state index in [0.717, 1.165) is 36.6 Å². The van der Waals surface area contributed by atoms with Crippen molar-refractivity contribution in [3.05, 3.63) is 85.9 Å². The molecule has 146 valence electrons. The van der Waals surface area contributed by atoms with Gasteiger partial charge in [0, 0.05) is 32.7 Å². The number of carbonyl (C=O) groups excluding carboxylic acids is 1. The molecule has 0 aliphatic heterocycles. The van der Waals surface area contributed by atoms with Gasteiger partial charge < -0.3 is 4.57 Å². The van der Waals surface area contributed by atoms with E-state index in [4.69, 9.17) is 0 Å². The molecule has 0 radical (unpaired) electrons. The number of rotatable bonds is 4. The van der Waals surface area contributed by atoms with Crippen LogP contribution in [0.5, 0.6) is 0 Å². The second-order valence-electron chi connectivity index (χ2n) is 6.60. The maximum Gasteiger partial charge on any atom is 0.257 e. The highest BCUT2D eigenvalue weighted by atomic mass is 79.9. The number of hydrogen-bond acceptors (Lipinski definition) is 3. The van der Waals surface area contributed by atoms with Gasteiger partial charge in [0.25, 0.3) is 5.91 Å². The number of benzene rings is 2. The summed E-state index contributed by atoms with van der Waals surface area (Å²) in [4.78, 5) is 17.3. The minimum absolute atomic E-state index is 0.180. The highest BCUT2D eigenvalue weighted by Gasteiger charge is 2.14. The maximum atomic E-state index is 12.7. The molecule has 4 nitrogen and oxygen atoms in total. The standard InChI is InChI=1S/C22H17Br2N3OS/c1-13-3-4-14(2)27(13)18-11-7-16(8-12-18)21(28)26-22-25-19(20(24)29-22)15-5-9-17(23)10-6-15/h3-12H,1-2H3,(H,25,26,28). The van der Waals surface area contributed by atoms with Crippen LogP contribution in [-0.4, -0.2) is 15.5 Å². The molecule has 2 aromatic carbocycles. The predicted molar refractivity (Wildman–Crippen MR) is 126 cm³/mol. The molecular weight excluding hydrogens is 514 g/mol. The first-order chi connectivity index (χ1) is 13.9. The third-order valence-electron chi connectivity index (χ3n) is 4.58. The predicted octanol–water partition coefficient (Wildman–Crippen LogP) is 6.99. The van der Waals surface area contributed by atoms with E-state index in [1.54, 1.807) is 0 Å². The Morgan fingerprint density at radius 2 is 1.55 bits per heavy atom. The zero-order chi connectivity index (χ0) is 20.5. The highest BCUT2D eigenvalue weighted by Crippen LogP contribution is 2.36. The number of amides is 1. The van der Waals surface area contributed by atoms with E-state index < -0.39 is 0 Å². The molecule has 0 unspecified atom stereocenters. The smallest absolute Gasteiger partial charge is 0.257 e. The number of thiazole rings is 1. The van der Waals surface area contributed by atoms with Gasteiger partial charge >= 0.3 is 0 Å². The summed E-state index contributed by atoms with van der Waals surface area (Å²) < 4.78 is 4.04. The van der Waals surface area contributed by atoms with E-state index in [0.29, 0.717) is 10.7 Å². The van der Waals surface area contributed by atoms with Crippen molar-refractivity contribution in [2.75, 3.05) is 5.32 Å². The Bertz CT molecular complexity index is 1160. The van der Waals surface area contributed by atoms with Crippen molar-refractivity contribution in [2.45, 2.75) is 13.8 Å². The van der Waals surface area contributed by atoms with Gasteiger partial charge in [-0.15, -0.1) is 0 Å². The average Bonchev–Trinajstić information content (AvgIpc) is 3.24. The van der Waals surface area contributed by atoms with Crippen LogP contribution in [0.4, 0.5) is 5.13 Å². The van der Waals surface area contributed by atoms with Crippen LogP contribution in [0, 0.1) is 13.8 Å². The Balaban J connectivity index is 1.53. The fourth-order valence-corrected chi connectivity index (χ4v) is 4.90. The molecule has 1 N–H and O–H groups in total. The van der Waals surface area contributed by atoms with Crippen LogP contribution in [0.3, 0.4) is 0 Å². The van der Waals surface area contributed by atoms with Gasteiger partial charge in [-0.3, -0.25) is 10.1 Å². The summed E-state index contributed by atoms with van der Waals surface area (Å²) >= 11 is 8.39. The molecule has 0 aliphatic rings. The Morgan fingerprint density at radius 3 is 2.17 bits per heavy atom. The molecule has 1 amide bonds. The molecule has 4 aromatic rings. The normalized spacial score (nSPS) is 10.9. The lowest BCUT2D eigenvalue weighted by molar-refractivity contribution is 0.102. The molecule has 2 heterocycles. The highest BCUT2D eigenvalue weighted by molar-refractivity contribution is 9.11. The van der Waals surface area contributed by atoms with Gasteiger partial charge in [-0.2, -0.15) is 0 Å². The lowest BCUT2D eigenvalue weighted by Gasteiger charge is -2.10. The maximum absolute atomic E-state index is 12.7. The Hall–Kier alpha value is -2.22. The lowest BCUT2D eigenvalue weighted by atomic mass is 10.2. The summed E-state index contributed by atoms with van der Waals surface area (Å²) in [6.45, 7) is 4.13. The number of anilines is 1. The number of halogens is 2. The molecule has 29 heavy (non-hydrogen) atoms. The molecule has 0 saturated carbocycles. The van der Waals surface area contributed by atoms with E-state index in [-0.39, 0.29) is 5.91 Å². The zero-order valence-electron chi connectivity index (χ0n) is 15.7. The minimum Gasteiger partial charge on any atom is -0.319 e. The third-order valence-corrected chi connectivity index (χ3v) is 6.73. The van der Waals surface area contributed by atoms with Crippen molar-refractivity contribution in [1.29, 1.82) is 0 Å². The van der Waals surface area contributed by atoms with Crippen molar-refractivity contribution in [2.24, 2.45) is 0 Å². The van der Waals surface area contributed by atoms with Gasteiger partial charge in [-0.05, 0) is 78.3 Å². The van der Waals surface area contributed by atoms with Crippen LogP contribution in [0.2, 0.25) is 0 Å². The van der Waals surface area contributed by atoms with E-state index in [9.17, 15) is 4.79 Å². The van der Waals surface area contributed by atoms with Crippen molar-refractivity contribution < 1.29 is 4.79 Å². The second-order valence-corrected chi connectivity index (χ2v) is 9.83. The summed E-state index contributed by atoms with van der Waals surface area (Å²) in [5.41, 5.74) is 5.75. The number of nitrogens with one attached hydrogen (secondary N) is 1. The van der Waals surface area contributed by atoms with Crippen LogP contribution < -0.4 is 5.32 Å². The van der Waals surface area contributed by atoms with E-state index in [2.05, 4.69) is 72.7 Å². The van der Waals surface area contributed by atoms with Crippen LogP contribution in [0.1, 0.15) is 21.7 Å². The van der Waals surface area contributed by atoms with Crippen molar-refractivity contribution in [3.63, 3.8) is 0 Å². The monoisotopic (exact) mass is 529 g/mol. The van der Waals surface area contributed by atoms with Gasteiger partial charge in [0.15, 0.2) is 5.13 Å². The molecule has 2 aromatic heterocycles. The Morgan fingerprint density at radius 1 is 0.931 bits per heavy atom. The quantitative estimate of drug-likeness (QED) is 0.309. The first-order valence-corrected chi connectivity index (χ1v) is 11.3. The van der Waals surface area contributed by atoms with Crippen molar-refractivity contribution in [3.8, 4) is 16.9 Å². The van der Waals surface area contributed by atoms with Gasteiger partial charge in [-0.1, -0.05) is 39.4 Å². The second kappa shape index (κ2) is 8.26. The first-order valence-electron chi connectivity index (χ1n) is 8.91. The summed E-state index contributed by atoms with van der Waals surface area (Å²) in [6, 6.07) is 19.7. The Kier molecular flexibility index (Phi) is 5.72. The number of hydrogen-bond donors (Lipinski definition) is 1. The third kappa shape index (κ3) is 4.22. The van der Waals surface area contributed by atoms with E-state index in [1.807, 2.05) is 48.5 Å². The lowest BCUT2D eigenvalue weighted by Crippen LogP contribution is -2.11. The van der Waals surface area contributed by atoms with Crippen LogP contribution >= 0.6 is 43.2 Å². The van der Waals surface area contributed by atoms with Gasteiger partial charge in [-0.25, -0.2) is 4.98 Å². The topological polar surface area (TPSA) is 46.9 Å². The summed E-state index contributed by atoms with van der Waals surface area (Å²) in [7, 11) is 0. The van der Waals surface area contributed by atoms with E-state index in [1.165, 1.54) is 11.3 Å². The van der Waals surface area contributed by atoms with Crippen LogP contribution in [0.15, 0.2) is 68.9 Å². The van der Waals surface area contributed by atoms with Crippen LogP contribution in [0.25, 0.3) is 16.9 Å². The number of aryl methyl sites for hydroxylation is 2. The zero-order valence-corrected chi connectivity index (χ0v) is 19.7. The van der Waals surface area contributed by atoms with Crippen molar-refractivity contribution in [1.82, 2.24) is 9.55 Å². The summed E-state index contributed by atoms with van der Waals surface area (Å²) in [5.74, 6) is -0.180. The molecular formula is C22H17Br2N3OS. The molecule has 0 fully saturated rings. The average molecular weight is 531 g/mol. The SMILES string of the molecule is Cc1ccc(C)n1-c1ccc(C(=O)Nc2nc(-c3ccc(Br)cc3)c(Br)s2)cc1. The molecule has 0 aliphatic carbocycles. The molecule has 0 atom stereocenters. The molecule has 0 bridgehead atoms. The van der Waals surface area contributed by atoms with Crippen molar-refractivity contribution >= 4 is 54.2 Å². The largest absolute Gasteiger partial charge is 0.319 e. The van der Waals surface area contributed by atoms with E-state index >= 15 is 0 Å². The number of carbonyl (C=O) groups is 1.